The second-order valence-corrected chi connectivity index (χ2v) is 5.63. The summed E-state index contributed by atoms with van der Waals surface area (Å²) >= 11 is 0. The molecule has 21 heavy (non-hydrogen) atoms. The average molecular weight is 290 g/mol. The summed E-state index contributed by atoms with van der Waals surface area (Å²) in [6.07, 6.45) is 4.89. The predicted octanol–water partition coefficient (Wildman–Crippen LogP) is 2.72. The van der Waals surface area contributed by atoms with Crippen LogP contribution in [0.25, 0.3) is 0 Å². The van der Waals surface area contributed by atoms with Crippen molar-refractivity contribution in [1.82, 2.24) is 5.32 Å². The molecule has 1 fully saturated rings. The van der Waals surface area contributed by atoms with E-state index in [9.17, 15) is 9.18 Å². The fourth-order valence-corrected chi connectivity index (χ4v) is 3.07. The Kier molecular flexibility index (Phi) is 3.90. The van der Waals surface area contributed by atoms with E-state index >= 15 is 0 Å². The highest BCUT2D eigenvalue weighted by atomic mass is 19.1. The zero-order valence-corrected chi connectivity index (χ0v) is 12.1. The molecule has 0 spiro atoms. The molecule has 1 aliphatic heterocycles. The first-order valence-electron chi connectivity index (χ1n) is 7.37. The summed E-state index contributed by atoms with van der Waals surface area (Å²) in [5, 5.41) is 3.36. The van der Waals surface area contributed by atoms with Crippen molar-refractivity contribution in [2.24, 2.45) is 4.99 Å². The van der Waals surface area contributed by atoms with Crippen molar-refractivity contribution in [3.63, 3.8) is 0 Å². The molecule has 2 atom stereocenters. The van der Waals surface area contributed by atoms with Gasteiger partial charge >= 0.3 is 0 Å². The van der Waals surface area contributed by atoms with Crippen LogP contribution in [0, 0.1) is 5.82 Å². The summed E-state index contributed by atoms with van der Waals surface area (Å²) in [5.74, 6) is 0.325. The number of carbonyl (C=O) groups is 1. The Morgan fingerprint density at radius 3 is 3.00 bits per heavy atom. The van der Waals surface area contributed by atoms with E-state index in [4.69, 9.17) is 4.74 Å². The van der Waals surface area contributed by atoms with Gasteiger partial charge in [-0.3, -0.25) is 9.79 Å². The summed E-state index contributed by atoms with van der Waals surface area (Å²) in [7, 11) is 1.39. The molecule has 2 aliphatic rings. The molecule has 1 aromatic rings. The molecular formula is C16H19FN2O2. The molecule has 112 valence electrons. The molecule has 0 amide bonds. The first kappa shape index (κ1) is 14.0. The number of methoxy groups -OCH3 is 1. The number of fused-ring (bicyclic) bond motifs is 1. The van der Waals surface area contributed by atoms with E-state index in [1.54, 1.807) is 0 Å². The molecule has 1 N–H and O–H groups in total. The molecule has 5 heteroatoms. The van der Waals surface area contributed by atoms with Crippen LogP contribution in [0.5, 0.6) is 5.75 Å². The fraction of sp³-hybridized carbons (Fsp3) is 0.500. The fourth-order valence-electron chi connectivity index (χ4n) is 3.07. The minimum atomic E-state index is -0.462. The van der Waals surface area contributed by atoms with E-state index in [1.165, 1.54) is 38.2 Å². The van der Waals surface area contributed by atoms with E-state index in [0.717, 1.165) is 18.7 Å². The number of benzene rings is 1. The van der Waals surface area contributed by atoms with Crippen LogP contribution in [-0.2, 0) is 0 Å². The lowest BCUT2D eigenvalue weighted by Crippen LogP contribution is -2.37. The number of ketones is 1. The number of aliphatic imine (C=N–C) groups is 1. The second-order valence-electron chi connectivity index (χ2n) is 5.63. The van der Waals surface area contributed by atoms with Crippen molar-refractivity contribution in [1.29, 1.82) is 0 Å². The molecule has 3 rings (SSSR count). The van der Waals surface area contributed by atoms with Crippen LogP contribution in [0.4, 0.5) is 4.39 Å². The minimum Gasteiger partial charge on any atom is -0.494 e. The lowest BCUT2D eigenvalue weighted by atomic mass is 9.92. The van der Waals surface area contributed by atoms with E-state index in [2.05, 4.69) is 10.3 Å². The first-order chi connectivity index (χ1) is 10.2. The maximum absolute atomic E-state index is 13.4. The lowest BCUT2D eigenvalue weighted by molar-refractivity contribution is 0.0999. The Morgan fingerprint density at radius 1 is 1.43 bits per heavy atom. The van der Waals surface area contributed by atoms with Crippen molar-refractivity contribution < 1.29 is 13.9 Å². The van der Waals surface area contributed by atoms with E-state index < -0.39 is 5.82 Å². The molecule has 0 unspecified atom stereocenters. The van der Waals surface area contributed by atoms with Gasteiger partial charge in [0.25, 0.3) is 0 Å². The number of hydrogen-bond donors (Lipinski definition) is 1. The highest BCUT2D eigenvalue weighted by molar-refractivity contribution is 6.09. The van der Waals surface area contributed by atoms with Gasteiger partial charge < -0.3 is 10.1 Å². The van der Waals surface area contributed by atoms with Crippen molar-refractivity contribution in [3.05, 3.63) is 29.6 Å². The molecule has 1 saturated carbocycles. The summed E-state index contributed by atoms with van der Waals surface area (Å²) in [5.41, 5.74) is 0.452. The third kappa shape index (κ3) is 2.91. The van der Waals surface area contributed by atoms with Crippen LogP contribution in [-0.4, -0.2) is 30.8 Å². The van der Waals surface area contributed by atoms with Gasteiger partial charge in [0.15, 0.2) is 17.3 Å². The maximum Gasteiger partial charge on any atom is 0.170 e. The van der Waals surface area contributed by atoms with Crippen LogP contribution >= 0.6 is 0 Å². The third-order valence-corrected chi connectivity index (χ3v) is 4.20. The van der Waals surface area contributed by atoms with E-state index in [-0.39, 0.29) is 18.0 Å². The molecule has 1 aliphatic carbocycles. The van der Waals surface area contributed by atoms with Gasteiger partial charge in [0, 0.05) is 11.6 Å². The molecule has 4 nitrogen and oxygen atoms in total. The van der Waals surface area contributed by atoms with Gasteiger partial charge in [0.2, 0.25) is 0 Å². The molecule has 0 radical (unpaired) electrons. The van der Waals surface area contributed by atoms with Gasteiger partial charge in [-0.05, 0) is 31.0 Å². The Morgan fingerprint density at radius 2 is 2.24 bits per heavy atom. The first-order valence-corrected chi connectivity index (χ1v) is 7.37. The molecular weight excluding hydrogens is 271 g/mol. The number of hydrogen-bond acceptors (Lipinski definition) is 4. The number of rotatable bonds is 4. The number of amidine groups is 1. The third-order valence-electron chi connectivity index (χ3n) is 4.20. The van der Waals surface area contributed by atoms with Gasteiger partial charge in [0.05, 0.1) is 19.6 Å². The predicted molar refractivity (Wildman–Crippen MR) is 78.5 cm³/mol. The summed E-state index contributed by atoms with van der Waals surface area (Å²) < 4.78 is 18.3. The molecule has 0 saturated heterocycles. The van der Waals surface area contributed by atoms with Crippen LogP contribution in [0.1, 0.15) is 42.5 Å². The summed E-state index contributed by atoms with van der Waals surface area (Å²) in [4.78, 5) is 16.9. The van der Waals surface area contributed by atoms with E-state index in [1.807, 2.05) is 0 Å². The number of halogens is 1. The van der Waals surface area contributed by atoms with Gasteiger partial charge in [-0.25, -0.2) is 4.39 Å². The normalized spacial score (nSPS) is 24.0. The number of carbonyl (C=O) groups excluding carboxylic acids is 1. The average Bonchev–Trinajstić information content (AvgIpc) is 2.89. The van der Waals surface area contributed by atoms with Crippen molar-refractivity contribution >= 4 is 11.6 Å². The largest absolute Gasteiger partial charge is 0.494 e. The van der Waals surface area contributed by atoms with Crippen molar-refractivity contribution in [3.8, 4) is 5.75 Å². The van der Waals surface area contributed by atoms with Crippen LogP contribution in [0.3, 0.4) is 0 Å². The molecule has 0 aromatic heterocycles. The highest BCUT2D eigenvalue weighted by Gasteiger charge is 2.31. The summed E-state index contributed by atoms with van der Waals surface area (Å²) in [6, 6.07) is 4.91. The highest BCUT2D eigenvalue weighted by Crippen LogP contribution is 2.26. The Balaban J connectivity index is 1.69. The van der Waals surface area contributed by atoms with Crippen molar-refractivity contribution in [2.75, 3.05) is 7.11 Å². The van der Waals surface area contributed by atoms with E-state index in [0.29, 0.717) is 17.6 Å². The van der Waals surface area contributed by atoms with Crippen LogP contribution in [0.15, 0.2) is 23.2 Å². The van der Waals surface area contributed by atoms with Crippen LogP contribution < -0.4 is 10.1 Å². The molecule has 1 heterocycles. The van der Waals surface area contributed by atoms with Crippen molar-refractivity contribution in [2.45, 2.75) is 44.2 Å². The standard InChI is InChI=1S/C16H19FN2O2/c1-21-15-8-10(6-7-11(15)17)14(20)9-16-18-12-4-2-3-5-13(12)19-16/h6-8,12-13H,2-5,9H2,1H3,(H,18,19)/t12-,13-/m0/s1. The van der Waals surface area contributed by atoms with Crippen LogP contribution in [0.2, 0.25) is 0 Å². The lowest BCUT2D eigenvalue weighted by Gasteiger charge is -2.23. The second kappa shape index (κ2) is 5.84. The zero-order valence-electron chi connectivity index (χ0n) is 12.1. The number of ether oxygens (including phenoxy) is 1. The SMILES string of the molecule is COc1cc(C(=O)CC2=N[C@H]3CCCC[C@@H]3N2)ccc1F. The smallest absolute Gasteiger partial charge is 0.170 e. The number of nitrogens with zero attached hydrogens (tertiary/aromatic N) is 1. The van der Waals surface area contributed by atoms with Gasteiger partial charge in [-0.2, -0.15) is 0 Å². The minimum absolute atomic E-state index is 0.0711. The summed E-state index contributed by atoms with van der Waals surface area (Å²) in [6.45, 7) is 0. The zero-order chi connectivity index (χ0) is 14.8. The topological polar surface area (TPSA) is 50.7 Å². The Bertz CT molecular complexity index is 586. The monoisotopic (exact) mass is 290 g/mol. The Labute approximate surface area is 123 Å². The van der Waals surface area contributed by atoms with Gasteiger partial charge in [-0.15, -0.1) is 0 Å². The Hall–Kier alpha value is -1.91. The number of nitrogens with one attached hydrogen (secondary N) is 1. The maximum atomic E-state index is 13.4. The van der Waals surface area contributed by atoms with Gasteiger partial charge in [-0.1, -0.05) is 12.8 Å². The molecule has 1 aromatic carbocycles. The quantitative estimate of drug-likeness (QED) is 0.867. The number of Topliss-reactive ketones (excluding diaryl/α,β-unsaturated/α-hetero) is 1. The molecule has 0 bridgehead atoms. The van der Waals surface area contributed by atoms with Gasteiger partial charge in [0.1, 0.15) is 5.84 Å².